The second-order valence-corrected chi connectivity index (χ2v) is 5.87. The summed E-state index contributed by atoms with van der Waals surface area (Å²) in [5.41, 5.74) is 7.95. The maximum Gasteiger partial charge on any atom is 0.0615 e. The van der Waals surface area contributed by atoms with Crippen LogP contribution in [0.25, 0.3) is 0 Å². The largest absolute Gasteiger partial charge is 0.397 e. The fourth-order valence-corrected chi connectivity index (χ4v) is 2.79. The van der Waals surface area contributed by atoms with Gasteiger partial charge in [-0.2, -0.15) is 0 Å². The smallest absolute Gasteiger partial charge is 0.0615 e. The molecule has 1 aliphatic heterocycles. The maximum atomic E-state index is 6.05. The first-order chi connectivity index (χ1) is 8.72. The van der Waals surface area contributed by atoms with E-state index in [0.717, 1.165) is 48.5 Å². The molecular formula is C14H20ClN3. The predicted octanol–water partition coefficient (Wildman–Crippen LogP) is 2.45. The summed E-state index contributed by atoms with van der Waals surface area (Å²) in [5, 5.41) is 0.764. The highest BCUT2D eigenvalue weighted by atomic mass is 35.5. The molecule has 0 atom stereocenters. The molecule has 0 radical (unpaired) electrons. The Hall–Kier alpha value is -0.930. The molecule has 2 aliphatic rings. The van der Waals surface area contributed by atoms with Crippen LogP contribution in [0.2, 0.25) is 5.02 Å². The number of rotatable bonds is 3. The summed E-state index contributed by atoms with van der Waals surface area (Å²) in [6, 6.07) is 5.73. The normalized spacial score (nSPS) is 21.3. The fourth-order valence-electron chi connectivity index (χ4n) is 2.63. The number of anilines is 2. The molecule has 1 aromatic carbocycles. The SMILES string of the molecule is Nc1ccc(Cl)cc1N1CCN(CC2CC2)CC1. The third-order valence-electron chi connectivity index (χ3n) is 3.92. The number of piperazine rings is 1. The molecule has 98 valence electrons. The summed E-state index contributed by atoms with van der Waals surface area (Å²) >= 11 is 6.05. The molecule has 1 aliphatic carbocycles. The van der Waals surface area contributed by atoms with Gasteiger partial charge in [0.25, 0.3) is 0 Å². The van der Waals surface area contributed by atoms with Gasteiger partial charge < -0.3 is 10.6 Å². The Balaban J connectivity index is 1.62. The van der Waals surface area contributed by atoms with E-state index in [4.69, 9.17) is 17.3 Å². The molecule has 4 heteroatoms. The van der Waals surface area contributed by atoms with Gasteiger partial charge in [-0.1, -0.05) is 11.6 Å². The summed E-state index contributed by atoms with van der Waals surface area (Å²) in [7, 11) is 0. The van der Waals surface area contributed by atoms with Gasteiger partial charge in [0.1, 0.15) is 0 Å². The minimum atomic E-state index is 0.764. The highest BCUT2D eigenvalue weighted by Crippen LogP contribution is 2.31. The average Bonchev–Trinajstić information content (AvgIpc) is 3.17. The van der Waals surface area contributed by atoms with E-state index in [0.29, 0.717) is 0 Å². The number of benzene rings is 1. The van der Waals surface area contributed by atoms with E-state index in [1.807, 2.05) is 18.2 Å². The van der Waals surface area contributed by atoms with Crippen LogP contribution < -0.4 is 10.6 Å². The first-order valence-electron chi connectivity index (χ1n) is 6.75. The molecule has 0 spiro atoms. The molecule has 3 nitrogen and oxygen atoms in total. The number of nitrogens with zero attached hydrogens (tertiary/aromatic N) is 2. The van der Waals surface area contributed by atoms with Crippen molar-refractivity contribution in [3.8, 4) is 0 Å². The third-order valence-corrected chi connectivity index (χ3v) is 4.15. The average molecular weight is 266 g/mol. The van der Waals surface area contributed by atoms with Crippen molar-refractivity contribution in [1.82, 2.24) is 4.90 Å². The van der Waals surface area contributed by atoms with Gasteiger partial charge in [0.15, 0.2) is 0 Å². The van der Waals surface area contributed by atoms with E-state index in [9.17, 15) is 0 Å². The van der Waals surface area contributed by atoms with Crippen LogP contribution in [0, 0.1) is 5.92 Å². The Kier molecular flexibility index (Phi) is 3.35. The predicted molar refractivity (Wildman–Crippen MR) is 77.2 cm³/mol. The second-order valence-electron chi connectivity index (χ2n) is 5.43. The lowest BCUT2D eigenvalue weighted by Gasteiger charge is -2.36. The van der Waals surface area contributed by atoms with E-state index in [-0.39, 0.29) is 0 Å². The van der Waals surface area contributed by atoms with Crippen molar-refractivity contribution in [2.45, 2.75) is 12.8 Å². The number of nitrogen functional groups attached to an aromatic ring is 1. The van der Waals surface area contributed by atoms with E-state index in [1.165, 1.54) is 19.4 Å². The summed E-state index contributed by atoms with van der Waals surface area (Å²) < 4.78 is 0. The zero-order valence-corrected chi connectivity index (χ0v) is 11.4. The minimum absolute atomic E-state index is 0.764. The van der Waals surface area contributed by atoms with Gasteiger partial charge in [-0.3, -0.25) is 4.90 Å². The minimum Gasteiger partial charge on any atom is -0.397 e. The van der Waals surface area contributed by atoms with Crippen LogP contribution in [0.5, 0.6) is 0 Å². The van der Waals surface area contributed by atoms with Crippen molar-refractivity contribution >= 4 is 23.0 Å². The van der Waals surface area contributed by atoms with Crippen molar-refractivity contribution in [2.24, 2.45) is 5.92 Å². The van der Waals surface area contributed by atoms with Gasteiger partial charge in [0.2, 0.25) is 0 Å². The first-order valence-corrected chi connectivity index (χ1v) is 7.12. The Morgan fingerprint density at radius 2 is 1.89 bits per heavy atom. The number of halogens is 1. The molecule has 3 rings (SSSR count). The Labute approximate surface area is 114 Å². The summed E-state index contributed by atoms with van der Waals surface area (Å²) in [6.45, 7) is 5.68. The van der Waals surface area contributed by atoms with Crippen molar-refractivity contribution in [3.63, 3.8) is 0 Å². The number of hydrogen-bond donors (Lipinski definition) is 1. The highest BCUT2D eigenvalue weighted by Gasteiger charge is 2.26. The summed E-state index contributed by atoms with van der Waals surface area (Å²) in [5.74, 6) is 0.979. The van der Waals surface area contributed by atoms with Gasteiger partial charge in [-0.15, -0.1) is 0 Å². The molecule has 0 amide bonds. The van der Waals surface area contributed by atoms with Crippen LogP contribution in [-0.4, -0.2) is 37.6 Å². The van der Waals surface area contributed by atoms with Gasteiger partial charge in [-0.05, 0) is 37.0 Å². The molecular weight excluding hydrogens is 246 g/mol. The number of hydrogen-bond acceptors (Lipinski definition) is 3. The van der Waals surface area contributed by atoms with Crippen LogP contribution in [0.3, 0.4) is 0 Å². The van der Waals surface area contributed by atoms with E-state index < -0.39 is 0 Å². The monoisotopic (exact) mass is 265 g/mol. The van der Waals surface area contributed by atoms with E-state index >= 15 is 0 Å². The lowest BCUT2D eigenvalue weighted by Crippen LogP contribution is -2.47. The topological polar surface area (TPSA) is 32.5 Å². The quantitative estimate of drug-likeness (QED) is 0.852. The second kappa shape index (κ2) is 4.98. The van der Waals surface area contributed by atoms with E-state index in [2.05, 4.69) is 9.80 Å². The van der Waals surface area contributed by atoms with Gasteiger partial charge >= 0.3 is 0 Å². The molecule has 1 aromatic rings. The van der Waals surface area contributed by atoms with Gasteiger partial charge in [0.05, 0.1) is 11.4 Å². The fraction of sp³-hybridized carbons (Fsp3) is 0.571. The molecule has 2 fully saturated rings. The molecule has 1 heterocycles. The highest BCUT2D eigenvalue weighted by molar-refractivity contribution is 6.31. The Bertz CT molecular complexity index is 423. The van der Waals surface area contributed by atoms with Crippen molar-refractivity contribution in [2.75, 3.05) is 43.4 Å². The van der Waals surface area contributed by atoms with Crippen LogP contribution >= 0.6 is 11.6 Å². The molecule has 0 aromatic heterocycles. The van der Waals surface area contributed by atoms with Crippen LogP contribution in [0.15, 0.2) is 18.2 Å². The van der Waals surface area contributed by atoms with Crippen LogP contribution in [0.1, 0.15) is 12.8 Å². The van der Waals surface area contributed by atoms with Gasteiger partial charge in [0, 0.05) is 37.7 Å². The Morgan fingerprint density at radius 1 is 1.17 bits per heavy atom. The Morgan fingerprint density at radius 3 is 2.56 bits per heavy atom. The molecule has 0 bridgehead atoms. The van der Waals surface area contributed by atoms with Crippen LogP contribution in [-0.2, 0) is 0 Å². The number of nitrogens with two attached hydrogens (primary N) is 1. The first kappa shape index (κ1) is 12.1. The van der Waals surface area contributed by atoms with E-state index in [1.54, 1.807) is 0 Å². The third kappa shape index (κ3) is 2.73. The summed E-state index contributed by atoms with van der Waals surface area (Å²) in [4.78, 5) is 4.93. The van der Waals surface area contributed by atoms with Crippen LogP contribution in [0.4, 0.5) is 11.4 Å². The lowest BCUT2D eigenvalue weighted by atomic mass is 10.2. The molecule has 1 saturated carbocycles. The zero-order chi connectivity index (χ0) is 12.5. The molecule has 2 N–H and O–H groups in total. The molecule has 18 heavy (non-hydrogen) atoms. The zero-order valence-electron chi connectivity index (χ0n) is 10.6. The van der Waals surface area contributed by atoms with Crippen molar-refractivity contribution < 1.29 is 0 Å². The summed E-state index contributed by atoms with van der Waals surface area (Å²) in [6.07, 6.45) is 2.86. The maximum absolute atomic E-state index is 6.05. The molecule has 0 unspecified atom stereocenters. The standard InChI is InChI=1S/C14H20ClN3/c15-12-3-4-13(16)14(9-12)18-7-5-17(6-8-18)10-11-1-2-11/h3-4,9,11H,1-2,5-8,10,16H2. The lowest BCUT2D eigenvalue weighted by molar-refractivity contribution is 0.248. The van der Waals surface area contributed by atoms with Gasteiger partial charge in [-0.25, -0.2) is 0 Å². The van der Waals surface area contributed by atoms with Crippen molar-refractivity contribution in [1.29, 1.82) is 0 Å². The molecule has 1 saturated heterocycles. The van der Waals surface area contributed by atoms with Crippen molar-refractivity contribution in [3.05, 3.63) is 23.2 Å².